The summed E-state index contributed by atoms with van der Waals surface area (Å²) in [4.78, 5) is 0.728. The van der Waals surface area contributed by atoms with Gasteiger partial charge >= 0.3 is 37.7 Å². The second-order valence-electron chi connectivity index (χ2n) is 2.37. The Labute approximate surface area is 111 Å². The molecule has 1 atom stereocenters. The number of rotatable bonds is 4. The third-order valence-electron chi connectivity index (χ3n) is 1.33. The van der Waals surface area contributed by atoms with E-state index in [9.17, 15) is 4.21 Å². The van der Waals surface area contributed by atoms with Crippen molar-refractivity contribution in [3.63, 3.8) is 0 Å². The summed E-state index contributed by atoms with van der Waals surface area (Å²) in [6.07, 6.45) is 0.887. The van der Waals surface area contributed by atoms with E-state index in [1.54, 1.807) is 12.1 Å². The van der Waals surface area contributed by atoms with Crippen molar-refractivity contribution in [3.8, 4) is 0 Å². The van der Waals surface area contributed by atoms with Crippen molar-refractivity contribution in [2.45, 2.75) is 18.2 Å². The molecule has 0 heterocycles. The van der Waals surface area contributed by atoms with Gasteiger partial charge in [0.1, 0.15) is 0 Å². The fraction of sp³-hybridized carbons (Fsp3) is 0.333. The topological polar surface area (TPSA) is 26.3 Å². The van der Waals surface area contributed by atoms with Crippen molar-refractivity contribution in [2.75, 3.05) is 6.61 Å². The second-order valence-corrected chi connectivity index (χ2v) is 3.55. The Kier molecular flexibility index (Phi) is 8.30. The van der Waals surface area contributed by atoms with Crippen LogP contribution in [0.4, 0.5) is 0 Å². The first-order chi connectivity index (χ1) is 5.84. The molecule has 0 bridgehead atoms. The quantitative estimate of drug-likeness (QED) is 0.722. The minimum atomic E-state index is -1.28. The van der Waals surface area contributed by atoms with Crippen LogP contribution in [0.2, 0.25) is 0 Å². The maximum atomic E-state index is 11.3. The minimum absolute atomic E-state index is 0. The first kappa shape index (κ1) is 13.6. The average Bonchev–Trinajstić information content (AvgIpc) is 2.15. The van der Waals surface area contributed by atoms with Gasteiger partial charge in [-0.1, -0.05) is 25.1 Å². The van der Waals surface area contributed by atoms with Crippen LogP contribution >= 0.6 is 0 Å². The molecule has 0 aliphatic carbocycles. The first-order valence-electron chi connectivity index (χ1n) is 3.94. The van der Waals surface area contributed by atoms with Gasteiger partial charge in [0.25, 0.3) is 0 Å². The normalized spacial score (nSPS) is 11.8. The van der Waals surface area contributed by atoms with Gasteiger partial charge in [-0.2, -0.15) is 0 Å². The van der Waals surface area contributed by atoms with E-state index in [0.29, 0.717) is 6.61 Å². The molecule has 0 saturated heterocycles. The Bertz CT molecular complexity index is 251. The summed E-state index contributed by atoms with van der Waals surface area (Å²) >= 11 is -1.28. The monoisotopic (exact) mass is 226 g/mol. The third kappa shape index (κ3) is 5.13. The van der Waals surface area contributed by atoms with Crippen LogP contribution in [-0.2, 0) is 15.3 Å². The predicted octanol–water partition coefficient (Wildman–Crippen LogP) is 1.22. The Morgan fingerprint density at radius 2 is 1.92 bits per heavy atom. The molecule has 13 heavy (non-hydrogen) atoms. The van der Waals surface area contributed by atoms with E-state index in [0.717, 1.165) is 11.3 Å². The van der Waals surface area contributed by atoms with Gasteiger partial charge in [-0.15, -0.1) is 0 Å². The molecule has 1 unspecified atom stereocenters. The zero-order valence-electron chi connectivity index (χ0n) is 7.03. The molecule has 0 saturated carbocycles. The molecule has 2 nitrogen and oxygen atoms in total. The Balaban J connectivity index is 0.00000144. The van der Waals surface area contributed by atoms with Crippen LogP contribution < -0.4 is 0 Å². The molecule has 0 fully saturated rings. The summed E-state index contributed by atoms with van der Waals surface area (Å²) in [5, 5.41) is 0. The van der Waals surface area contributed by atoms with Crippen LogP contribution in [-0.4, -0.2) is 48.6 Å². The number of hydrogen-bond donors (Lipinski definition) is 0. The molecule has 0 amide bonds. The number of benzene rings is 1. The molecule has 0 radical (unpaired) electrons. The summed E-state index contributed by atoms with van der Waals surface area (Å²) in [5.74, 6) is 0. The van der Waals surface area contributed by atoms with Crippen molar-refractivity contribution in [1.82, 2.24) is 0 Å². The predicted molar refractivity (Wildman–Crippen MR) is 57.6 cm³/mol. The van der Waals surface area contributed by atoms with E-state index in [2.05, 4.69) is 0 Å². The molecule has 0 spiro atoms. The molecule has 70 valence electrons. The van der Waals surface area contributed by atoms with Crippen molar-refractivity contribution in [2.24, 2.45) is 0 Å². The summed E-state index contributed by atoms with van der Waals surface area (Å²) in [6.45, 7) is 2.53. The zero-order chi connectivity index (χ0) is 8.81. The summed E-state index contributed by atoms with van der Waals surface area (Å²) in [6, 6.07) is 9.18. The van der Waals surface area contributed by atoms with Crippen LogP contribution in [0, 0.1) is 0 Å². The molecular formula is C9H14CaO2S. The van der Waals surface area contributed by atoms with E-state index in [1.165, 1.54) is 0 Å². The maximum absolute atomic E-state index is 11.3. The van der Waals surface area contributed by atoms with E-state index in [-0.39, 0.29) is 37.7 Å². The van der Waals surface area contributed by atoms with E-state index < -0.39 is 11.1 Å². The van der Waals surface area contributed by atoms with Gasteiger partial charge < -0.3 is 0 Å². The van der Waals surface area contributed by atoms with Gasteiger partial charge in [-0.25, -0.2) is 4.21 Å². The Morgan fingerprint density at radius 1 is 1.31 bits per heavy atom. The fourth-order valence-corrected chi connectivity index (χ4v) is 1.59. The van der Waals surface area contributed by atoms with Gasteiger partial charge in [0.2, 0.25) is 0 Å². The van der Waals surface area contributed by atoms with Crippen LogP contribution in [0.3, 0.4) is 0 Å². The van der Waals surface area contributed by atoms with Crippen LogP contribution in [0.1, 0.15) is 13.3 Å². The SMILES string of the molecule is CCCOS(=O)c1ccccc1.[CaH2]. The summed E-state index contributed by atoms with van der Waals surface area (Å²) < 4.78 is 16.3. The van der Waals surface area contributed by atoms with Crippen molar-refractivity contribution in [1.29, 1.82) is 0 Å². The Hall–Kier alpha value is 0.590. The molecule has 4 heteroatoms. The van der Waals surface area contributed by atoms with Gasteiger partial charge in [0.05, 0.1) is 11.5 Å². The molecule has 0 N–H and O–H groups in total. The van der Waals surface area contributed by atoms with Crippen LogP contribution in [0.5, 0.6) is 0 Å². The second kappa shape index (κ2) is 7.94. The van der Waals surface area contributed by atoms with Crippen molar-refractivity contribution in [3.05, 3.63) is 30.3 Å². The third-order valence-corrected chi connectivity index (χ3v) is 2.37. The molecule has 0 aliphatic rings. The standard InChI is InChI=1S/C9H12O2S.Ca.2H/c1-2-8-11-12(10)9-6-4-3-5-7-9;;;/h3-7H,2,8H2,1H3;;;. The van der Waals surface area contributed by atoms with Crippen LogP contribution in [0.15, 0.2) is 35.2 Å². The van der Waals surface area contributed by atoms with Gasteiger partial charge in [-0.05, 0) is 18.6 Å². The van der Waals surface area contributed by atoms with Gasteiger partial charge in [0, 0.05) is 0 Å². The fourth-order valence-electron chi connectivity index (χ4n) is 0.759. The van der Waals surface area contributed by atoms with E-state index in [4.69, 9.17) is 4.18 Å². The summed E-state index contributed by atoms with van der Waals surface area (Å²) in [5.41, 5.74) is 0. The molecule has 0 aliphatic heterocycles. The van der Waals surface area contributed by atoms with E-state index >= 15 is 0 Å². The molecular weight excluding hydrogens is 212 g/mol. The number of hydrogen-bond acceptors (Lipinski definition) is 2. The molecule has 1 aromatic carbocycles. The molecule has 0 aromatic heterocycles. The Morgan fingerprint density at radius 3 is 2.46 bits per heavy atom. The van der Waals surface area contributed by atoms with Crippen LogP contribution in [0.25, 0.3) is 0 Å². The summed E-state index contributed by atoms with van der Waals surface area (Å²) in [7, 11) is 0. The average molecular weight is 226 g/mol. The van der Waals surface area contributed by atoms with Crippen molar-refractivity contribution < 1.29 is 8.39 Å². The van der Waals surface area contributed by atoms with Gasteiger partial charge in [-0.3, -0.25) is 4.18 Å². The molecule has 1 aromatic rings. The van der Waals surface area contributed by atoms with Gasteiger partial charge in [0.15, 0.2) is 11.1 Å². The molecule has 1 rings (SSSR count). The van der Waals surface area contributed by atoms with E-state index in [1.807, 2.05) is 25.1 Å². The van der Waals surface area contributed by atoms with Crippen molar-refractivity contribution >= 4 is 48.8 Å². The first-order valence-corrected chi connectivity index (χ1v) is 5.02. The zero-order valence-corrected chi connectivity index (χ0v) is 7.84.